The van der Waals surface area contributed by atoms with Crippen LogP contribution < -0.4 is 5.32 Å². The molecular weight excluding hydrogens is 355 g/mol. The topological polar surface area (TPSA) is 72.2 Å². The SMILES string of the molecule is O=C(NCc1nn2c(C(F)(F)F)nnc2s1)c1ccc(Cl)cc1. The van der Waals surface area contributed by atoms with Gasteiger partial charge in [-0.05, 0) is 24.3 Å². The van der Waals surface area contributed by atoms with Crippen LogP contribution in [0.15, 0.2) is 24.3 Å². The summed E-state index contributed by atoms with van der Waals surface area (Å²) in [4.78, 5) is 11.9. The van der Waals surface area contributed by atoms with E-state index in [2.05, 4.69) is 20.6 Å². The van der Waals surface area contributed by atoms with Gasteiger partial charge in [-0.3, -0.25) is 4.79 Å². The molecule has 2 heterocycles. The average Bonchev–Trinajstić information content (AvgIpc) is 3.04. The Morgan fingerprint density at radius 2 is 1.96 bits per heavy atom. The summed E-state index contributed by atoms with van der Waals surface area (Å²) in [7, 11) is 0. The van der Waals surface area contributed by atoms with Crippen molar-refractivity contribution < 1.29 is 18.0 Å². The maximum Gasteiger partial charge on any atom is 0.453 e. The second kappa shape index (κ2) is 5.78. The highest BCUT2D eigenvalue weighted by Gasteiger charge is 2.38. The Balaban J connectivity index is 1.73. The van der Waals surface area contributed by atoms with E-state index in [0.29, 0.717) is 15.1 Å². The molecule has 0 fully saturated rings. The Kier molecular flexibility index (Phi) is 3.94. The molecule has 1 amide bonds. The summed E-state index contributed by atoms with van der Waals surface area (Å²) in [5, 5.41) is 13.6. The lowest BCUT2D eigenvalue weighted by atomic mass is 10.2. The number of amides is 1. The van der Waals surface area contributed by atoms with Gasteiger partial charge in [0.1, 0.15) is 5.01 Å². The number of hydrogen-bond acceptors (Lipinski definition) is 5. The van der Waals surface area contributed by atoms with Crippen molar-refractivity contribution in [3.63, 3.8) is 0 Å². The van der Waals surface area contributed by atoms with Gasteiger partial charge in [0.25, 0.3) is 11.7 Å². The van der Waals surface area contributed by atoms with E-state index in [-0.39, 0.29) is 22.4 Å². The first kappa shape index (κ1) is 15.7. The molecule has 0 saturated carbocycles. The number of nitrogens with zero attached hydrogens (tertiary/aromatic N) is 4. The highest BCUT2D eigenvalue weighted by molar-refractivity contribution is 7.16. The Morgan fingerprint density at radius 1 is 1.26 bits per heavy atom. The summed E-state index contributed by atoms with van der Waals surface area (Å²) in [5.74, 6) is -1.58. The van der Waals surface area contributed by atoms with Crippen LogP contribution in [0.4, 0.5) is 13.2 Å². The van der Waals surface area contributed by atoms with Crippen LogP contribution in [0.3, 0.4) is 0 Å². The Bertz CT molecular complexity index is 858. The monoisotopic (exact) mass is 361 g/mol. The van der Waals surface area contributed by atoms with E-state index in [1.807, 2.05) is 0 Å². The van der Waals surface area contributed by atoms with Gasteiger partial charge < -0.3 is 5.32 Å². The van der Waals surface area contributed by atoms with Crippen LogP contribution in [-0.4, -0.2) is 25.7 Å². The Hall–Kier alpha value is -2.20. The fourth-order valence-corrected chi connectivity index (χ4v) is 2.66. The third kappa shape index (κ3) is 3.27. The highest BCUT2D eigenvalue weighted by Crippen LogP contribution is 2.28. The van der Waals surface area contributed by atoms with Crippen LogP contribution in [-0.2, 0) is 12.7 Å². The zero-order chi connectivity index (χ0) is 16.6. The van der Waals surface area contributed by atoms with Crippen LogP contribution in [0.2, 0.25) is 5.02 Å². The van der Waals surface area contributed by atoms with E-state index in [1.54, 1.807) is 12.1 Å². The molecule has 120 valence electrons. The number of alkyl halides is 3. The minimum absolute atomic E-state index is 0.00747. The van der Waals surface area contributed by atoms with E-state index >= 15 is 0 Å². The first-order valence-corrected chi connectivity index (χ1v) is 7.36. The normalized spacial score (nSPS) is 11.8. The van der Waals surface area contributed by atoms with Crippen molar-refractivity contribution in [1.82, 2.24) is 25.1 Å². The third-order valence-corrected chi connectivity index (χ3v) is 3.94. The molecule has 0 radical (unpaired) electrons. The second-order valence-electron chi connectivity index (χ2n) is 4.40. The van der Waals surface area contributed by atoms with E-state index in [9.17, 15) is 18.0 Å². The molecule has 0 spiro atoms. The Morgan fingerprint density at radius 3 is 2.61 bits per heavy atom. The molecule has 23 heavy (non-hydrogen) atoms. The standard InChI is InChI=1S/C12H7ClF3N5OS/c13-7-3-1-6(2-4-7)9(22)17-5-8-20-21-10(12(14,15)16)18-19-11(21)23-8/h1-4H,5H2,(H,17,22). The molecule has 0 saturated heterocycles. The van der Waals surface area contributed by atoms with Gasteiger partial charge in [0.15, 0.2) is 0 Å². The van der Waals surface area contributed by atoms with Crippen LogP contribution in [0, 0.1) is 0 Å². The van der Waals surface area contributed by atoms with Crippen molar-refractivity contribution >= 4 is 33.8 Å². The van der Waals surface area contributed by atoms with E-state index < -0.39 is 12.0 Å². The number of carbonyl (C=O) groups excluding carboxylic acids is 1. The molecule has 3 aromatic rings. The first-order valence-electron chi connectivity index (χ1n) is 6.16. The van der Waals surface area contributed by atoms with Crippen LogP contribution >= 0.6 is 22.9 Å². The predicted molar refractivity (Wildman–Crippen MR) is 76.3 cm³/mol. The average molecular weight is 362 g/mol. The van der Waals surface area contributed by atoms with Crippen LogP contribution in [0.25, 0.3) is 4.96 Å². The maximum atomic E-state index is 12.7. The van der Waals surface area contributed by atoms with Gasteiger partial charge in [0.05, 0.1) is 6.54 Å². The molecule has 1 aromatic carbocycles. The number of nitrogens with one attached hydrogen (secondary N) is 1. The van der Waals surface area contributed by atoms with Gasteiger partial charge >= 0.3 is 6.18 Å². The van der Waals surface area contributed by atoms with Crippen molar-refractivity contribution in [2.75, 3.05) is 0 Å². The molecule has 0 unspecified atom stereocenters. The van der Waals surface area contributed by atoms with Gasteiger partial charge in [0, 0.05) is 10.6 Å². The minimum atomic E-state index is -4.64. The lowest BCUT2D eigenvalue weighted by Crippen LogP contribution is -2.22. The lowest BCUT2D eigenvalue weighted by Gasteiger charge is -2.03. The first-order chi connectivity index (χ1) is 10.8. The van der Waals surface area contributed by atoms with Crippen molar-refractivity contribution in [3.05, 3.63) is 45.7 Å². The van der Waals surface area contributed by atoms with E-state index in [1.165, 1.54) is 12.1 Å². The molecular formula is C12H7ClF3N5OS. The molecule has 0 bridgehead atoms. The van der Waals surface area contributed by atoms with Gasteiger partial charge in [-0.1, -0.05) is 22.9 Å². The highest BCUT2D eigenvalue weighted by atomic mass is 35.5. The zero-order valence-corrected chi connectivity index (χ0v) is 12.7. The number of carbonyl (C=O) groups is 1. The van der Waals surface area contributed by atoms with Crippen molar-refractivity contribution in [2.45, 2.75) is 12.7 Å². The number of benzene rings is 1. The van der Waals surface area contributed by atoms with E-state index in [4.69, 9.17) is 11.6 Å². The van der Waals surface area contributed by atoms with Crippen molar-refractivity contribution in [1.29, 1.82) is 0 Å². The van der Waals surface area contributed by atoms with Crippen LogP contribution in [0.5, 0.6) is 0 Å². The molecule has 0 atom stereocenters. The molecule has 11 heteroatoms. The smallest absolute Gasteiger partial charge is 0.345 e. The number of hydrogen-bond donors (Lipinski definition) is 1. The molecule has 6 nitrogen and oxygen atoms in total. The van der Waals surface area contributed by atoms with E-state index in [0.717, 1.165) is 11.3 Å². The minimum Gasteiger partial charge on any atom is -0.345 e. The largest absolute Gasteiger partial charge is 0.453 e. The quantitative estimate of drug-likeness (QED) is 0.778. The third-order valence-electron chi connectivity index (χ3n) is 2.79. The summed E-state index contributed by atoms with van der Waals surface area (Å²) in [5.41, 5.74) is 0.383. The molecule has 0 aliphatic heterocycles. The zero-order valence-electron chi connectivity index (χ0n) is 11.1. The maximum absolute atomic E-state index is 12.7. The van der Waals surface area contributed by atoms with Crippen LogP contribution in [0.1, 0.15) is 21.2 Å². The number of fused-ring (bicyclic) bond motifs is 1. The summed E-state index contributed by atoms with van der Waals surface area (Å²) < 4.78 is 38.7. The van der Waals surface area contributed by atoms with Crippen molar-refractivity contribution in [3.8, 4) is 0 Å². The fourth-order valence-electron chi connectivity index (χ4n) is 1.76. The summed E-state index contributed by atoms with van der Waals surface area (Å²) in [6.45, 7) is -0.0210. The summed E-state index contributed by atoms with van der Waals surface area (Å²) in [6.07, 6.45) is -4.64. The second-order valence-corrected chi connectivity index (χ2v) is 5.88. The van der Waals surface area contributed by atoms with Gasteiger partial charge in [0.2, 0.25) is 4.96 Å². The summed E-state index contributed by atoms with van der Waals surface area (Å²) in [6, 6.07) is 6.21. The number of rotatable bonds is 3. The van der Waals surface area contributed by atoms with Gasteiger partial charge in [-0.15, -0.1) is 10.2 Å². The Labute approximate surface area is 135 Å². The lowest BCUT2D eigenvalue weighted by molar-refractivity contribution is -0.146. The molecule has 3 rings (SSSR count). The number of halogens is 4. The fraction of sp³-hybridized carbons (Fsp3) is 0.167. The molecule has 2 aromatic heterocycles. The van der Waals surface area contributed by atoms with Gasteiger partial charge in [-0.25, -0.2) is 0 Å². The predicted octanol–water partition coefficient (Wildman–Crippen LogP) is 2.79. The van der Waals surface area contributed by atoms with Crippen molar-refractivity contribution in [2.24, 2.45) is 0 Å². The summed E-state index contributed by atoms with van der Waals surface area (Å²) >= 11 is 6.64. The molecule has 0 aliphatic carbocycles. The van der Waals surface area contributed by atoms with Gasteiger partial charge in [-0.2, -0.15) is 22.8 Å². The molecule has 1 N–H and O–H groups in total. The molecule has 0 aliphatic rings. The number of aromatic nitrogens is 4.